The van der Waals surface area contributed by atoms with Crippen LogP contribution in [0.1, 0.15) is 43.1 Å². The number of aromatic amines is 1. The van der Waals surface area contributed by atoms with Gasteiger partial charge in [0.1, 0.15) is 5.76 Å². The number of nitrogens with zero attached hydrogens (tertiary/aromatic N) is 1. The number of hydrogen-bond acceptors (Lipinski definition) is 3. The maximum absolute atomic E-state index is 13.3. The van der Waals surface area contributed by atoms with Crippen LogP contribution in [0.5, 0.6) is 0 Å². The predicted octanol–water partition coefficient (Wildman–Crippen LogP) is 2.42. The van der Waals surface area contributed by atoms with Crippen LogP contribution in [0.15, 0.2) is 51.9 Å². The van der Waals surface area contributed by atoms with E-state index in [4.69, 9.17) is 4.42 Å². The second kappa shape index (κ2) is 8.88. The first kappa shape index (κ1) is 20.4. The average Bonchev–Trinajstić information content (AvgIpc) is 3.23. The molecule has 1 amide bonds. The fraction of sp³-hybridized carbons (Fsp3) is 0.417. The number of amides is 1. The van der Waals surface area contributed by atoms with Crippen molar-refractivity contribution >= 4 is 16.8 Å². The van der Waals surface area contributed by atoms with E-state index < -0.39 is 0 Å². The van der Waals surface area contributed by atoms with Crippen molar-refractivity contribution in [3.8, 4) is 0 Å². The van der Waals surface area contributed by atoms with Crippen LogP contribution in [0.2, 0.25) is 0 Å². The van der Waals surface area contributed by atoms with E-state index in [0.717, 1.165) is 41.6 Å². The third kappa shape index (κ3) is 4.65. The molecule has 2 aromatic heterocycles. The number of hydrogen-bond donors (Lipinski definition) is 2. The molecule has 1 fully saturated rings. The Bertz CT molecular complexity index is 1070. The van der Waals surface area contributed by atoms with Gasteiger partial charge in [0, 0.05) is 11.1 Å². The Kier molecular flexibility index (Phi) is 6.04. The van der Waals surface area contributed by atoms with E-state index in [1.54, 1.807) is 11.2 Å². The number of rotatable bonds is 6. The van der Waals surface area contributed by atoms with Crippen molar-refractivity contribution in [2.75, 3.05) is 13.1 Å². The highest BCUT2D eigenvalue weighted by atomic mass is 16.3. The van der Waals surface area contributed by atoms with Gasteiger partial charge in [-0.05, 0) is 68.8 Å². The topological polar surface area (TPSA) is 70.8 Å². The minimum Gasteiger partial charge on any atom is -0.467 e. The number of aromatic nitrogens is 1. The Morgan fingerprint density at radius 1 is 1.23 bits per heavy atom. The lowest BCUT2D eigenvalue weighted by atomic mass is 10.0. The molecule has 0 bridgehead atoms. The Hall–Kier alpha value is -2.86. The molecule has 3 aromatic rings. The van der Waals surface area contributed by atoms with Gasteiger partial charge < -0.3 is 19.2 Å². The Balaban J connectivity index is 1.59. The standard InChI is InChI=1S/C24H29N3O3/c1-17-8-9-22-19(12-17)13-20(24(29)25-22)14-27(15-21-7-5-11-30-21)23(28)16-26-10-4-3-6-18(26)2/h5,7-9,11-13,18H,3-4,6,10,14-16H2,1-2H3,(H,25,29)/p+1/t18-/m0/s1. The minimum atomic E-state index is -0.151. The first-order valence-corrected chi connectivity index (χ1v) is 10.8. The van der Waals surface area contributed by atoms with Gasteiger partial charge in [0.05, 0.1) is 31.9 Å². The lowest BCUT2D eigenvalue weighted by Crippen LogP contribution is -3.17. The molecule has 0 spiro atoms. The van der Waals surface area contributed by atoms with Crippen LogP contribution >= 0.6 is 0 Å². The molecule has 158 valence electrons. The first-order valence-electron chi connectivity index (χ1n) is 10.8. The van der Waals surface area contributed by atoms with E-state index in [-0.39, 0.29) is 18.0 Å². The van der Waals surface area contributed by atoms with Gasteiger partial charge >= 0.3 is 0 Å². The van der Waals surface area contributed by atoms with Gasteiger partial charge in [0.15, 0.2) is 6.54 Å². The molecule has 1 saturated heterocycles. The summed E-state index contributed by atoms with van der Waals surface area (Å²) in [6.45, 7) is 6.34. The van der Waals surface area contributed by atoms with Gasteiger partial charge in [-0.2, -0.15) is 0 Å². The highest BCUT2D eigenvalue weighted by molar-refractivity contribution is 5.80. The van der Waals surface area contributed by atoms with E-state index in [9.17, 15) is 9.59 Å². The number of nitrogens with one attached hydrogen (secondary N) is 2. The van der Waals surface area contributed by atoms with Gasteiger partial charge in [-0.15, -0.1) is 0 Å². The molecule has 0 radical (unpaired) electrons. The number of carbonyl (C=O) groups excluding carboxylic acids is 1. The quantitative estimate of drug-likeness (QED) is 0.658. The van der Waals surface area contributed by atoms with Gasteiger partial charge in [0.2, 0.25) is 0 Å². The van der Waals surface area contributed by atoms with Crippen LogP contribution in [-0.4, -0.2) is 34.9 Å². The number of likely N-dealkylation sites (tertiary alicyclic amines) is 1. The van der Waals surface area contributed by atoms with E-state index in [1.807, 2.05) is 43.3 Å². The summed E-state index contributed by atoms with van der Waals surface area (Å²) in [5.41, 5.74) is 2.38. The maximum atomic E-state index is 13.3. The first-order chi connectivity index (χ1) is 14.5. The molecular weight excluding hydrogens is 378 g/mol. The smallest absolute Gasteiger partial charge is 0.278 e. The maximum Gasteiger partial charge on any atom is 0.278 e. The summed E-state index contributed by atoms with van der Waals surface area (Å²) in [6, 6.07) is 12.0. The number of piperidine rings is 1. The van der Waals surface area contributed by atoms with Gasteiger partial charge in [0.25, 0.3) is 11.5 Å². The van der Waals surface area contributed by atoms with Gasteiger partial charge in [-0.1, -0.05) is 11.6 Å². The van der Waals surface area contributed by atoms with Crippen molar-refractivity contribution in [1.82, 2.24) is 9.88 Å². The molecule has 6 heteroatoms. The average molecular weight is 409 g/mol. The van der Waals surface area contributed by atoms with Crippen LogP contribution in [0.3, 0.4) is 0 Å². The fourth-order valence-corrected chi connectivity index (χ4v) is 4.34. The monoisotopic (exact) mass is 408 g/mol. The number of carbonyl (C=O) groups is 1. The molecule has 0 aliphatic carbocycles. The van der Waals surface area contributed by atoms with Crippen LogP contribution in [0.4, 0.5) is 0 Å². The van der Waals surface area contributed by atoms with Crippen LogP contribution < -0.4 is 10.5 Å². The normalized spacial score (nSPS) is 19.1. The molecule has 30 heavy (non-hydrogen) atoms. The number of fused-ring (bicyclic) bond motifs is 1. The summed E-state index contributed by atoms with van der Waals surface area (Å²) in [4.78, 5) is 32.0. The molecule has 3 heterocycles. The van der Waals surface area contributed by atoms with E-state index in [0.29, 0.717) is 24.7 Å². The second-order valence-electron chi connectivity index (χ2n) is 8.53. The number of benzene rings is 1. The van der Waals surface area contributed by atoms with E-state index in [2.05, 4.69) is 11.9 Å². The van der Waals surface area contributed by atoms with Crippen molar-refractivity contribution < 1.29 is 14.1 Å². The second-order valence-corrected chi connectivity index (χ2v) is 8.53. The zero-order valence-corrected chi connectivity index (χ0v) is 17.7. The van der Waals surface area contributed by atoms with Crippen molar-refractivity contribution in [2.24, 2.45) is 0 Å². The Morgan fingerprint density at radius 2 is 2.10 bits per heavy atom. The van der Waals surface area contributed by atoms with Crippen molar-refractivity contribution in [1.29, 1.82) is 0 Å². The van der Waals surface area contributed by atoms with E-state index in [1.165, 1.54) is 11.3 Å². The molecule has 2 atom stereocenters. The molecule has 4 rings (SSSR count). The number of aryl methyl sites for hydroxylation is 1. The zero-order chi connectivity index (χ0) is 21.1. The third-order valence-electron chi connectivity index (χ3n) is 6.18. The van der Waals surface area contributed by atoms with Crippen LogP contribution in [0, 0.1) is 6.92 Å². The Morgan fingerprint density at radius 3 is 2.87 bits per heavy atom. The molecule has 0 saturated carbocycles. The van der Waals surface area contributed by atoms with Crippen LogP contribution in [0.25, 0.3) is 10.9 Å². The molecule has 1 aromatic carbocycles. The number of quaternary nitrogens is 1. The molecule has 6 nitrogen and oxygen atoms in total. The minimum absolute atomic E-state index is 0.0545. The summed E-state index contributed by atoms with van der Waals surface area (Å²) in [5, 5.41) is 0.977. The summed E-state index contributed by atoms with van der Waals surface area (Å²) in [6.07, 6.45) is 5.17. The summed E-state index contributed by atoms with van der Waals surface area (Å²) in [5.74, 6) is 0.775. The van der Waals surface area contributed by atoms with Crippen molar-refractivity contribution in [3.05, 3.63) is 69.9 Å². The lowest BCUT2D eigenvalue weighted by molar-refractivity contribution is -0.921. The van der Waals surface area contributed by atoms with Gasteiger partial charge in [-0.25, -0.2) is 0 Å². The molecule has 1 aliphatic rings. The number of H-pyrrole nitrogens is 1. The summed E-state index contributed by atoms with van der Waals surface area (Å²) in [7, 11) is 0. The zero-order valence-electron chi connectivity index (χ0n) is 17.7. The van der Waals surface area contributed by atoms with Crippen LogP contribution in [-0.2, 0) is 17.9 Å². The lowest BCUT2D eigenvalue weighted by Gasteiger charge is -2.31. The fourth-order valence-electron chi connectivity index (χ4n) is 4.34. The largest absolute Gasteiger partial charge is 0.467 e. The highest BCUT2D eigenvalue weighted by Gasteiger charge is 2.27. The molecule has 1 unspecified atom stereocenters. The Labute approximate surface area is 176 Å². The van der Waals surface area contributed by atoms with Crippen molar-refractivity contribution in [3.63, 3.8) is 0 Å². The summed E-state index contributed by atoms with van der Waals surface area (Å²) < 4.78 is 5.49. The number of furan rings is 1. The van der Waals surface area contributed by atoms with E-state index >= 15 is 0 Å². The summed E-state index contributed by atoms with van der Waals surface area (Å²) >= 11 is 0. The SMILES string of the molecule is Cc1ccc2[nH]c(=O)c(CN(Cc3ccco3)C(=O)C[NH+]3CCCC[C@@H]3C)cc2c1. The van der Waals surface area contributed by atoms with Crippen molar-refractivity contribution in [2.45, 2.75) is 52.2 Å². The molecular formula is C24H30N3O3+. The predicted molar refractivity (Wildman–Crippen MR) is 116 cm³/mol. The van der Waals surface area contributed by atoms with Gasteiger partial charge in [-0.3, -0.25) is 9.59 Å². The molecule has 2 N–H and O–H groups in total. The number of pyridine rings is 1. The highest BCUT2D eigenvalue weighted by Crippen LogP contribution is 2.15. The molecule has 1 aliphatic heterocycles. The third-order valence-corrected chi connectivity index (χ3v) is 6.18.